The molecule has 4 aromatic rings. The molecule has 202 valence electrons. The molecule has 4 amide bonds. The fourth-order valence-electron chi connectivity index (χ4n) is 5.12. The third kappa shape index (κ3) is 4.62. The zero-order valence-electron chi connectivity index (χ0n) is 21.5. The third-order valence-corrected chi connectivity index (χ3v) is 8.02. The first-order valence-electron chi connectivity index (χ1n) is 12.7. The van der Waals surface area contributed by atoms with E-state index in [1.807, 2.05) is 0 Å². The van der Waals surface area contributed by atoms with Crippen LogP contribution in [0, 0.1) is 6.92 Å². The Labute approximate surface area is 233 Å². The predicted molar refractivity (Wildman–Crippen MR) is 151 cm³/mol. The second kappa shape index (κ2) is 10.4. The average Bonchev–Trinajstić information content (AvgIpc) is 3.55. The van der Waals surface area contributed by atoms with Crippen LogP contribution in [-0.2, 0) is 4.79 Å². The highest BCUT2D eigenvalue weighted by molar-refractivity contribution is 7.21. The Morgan fingerprint density at radius 3 is 2.73 bits per heavy atom. The number of carbonyl (C=O) groups excluding carboxylic acids is 3. The van der Waals surface area contributed by atoms with E-state index in [2.05, 4.69) is 37.5 Å². The summed E-state index contributed by atoms with van der Waals surface area (Å²) >= 11 is 1.21. The van der Waals surface area contributed by atoms with Crippen LogP contribution in [0.25, 0.3) is 10.2 Å². The maximum absolute atomic E-state index is 13.5. The summed E-state index contributed by atoms with van der Waals surface area (Å²) in [5.41, 5.74) is 2.17. The van der Waals surface area contributed by atoms with Crippen LogP contribution >= 0.6 is 11.3 Å². The van der Waals surface area contributed by atoms with E-state index in [1.54, 1.807) is 55.8 Å². The summed E-state index contributed by atoms with van der Waals surface area (Å²) < 4.78 is 5.79. The predicted octanol–water partition coefficient (Wildman–Crippen LogP) is 4.82. The van der Waals surface area contributed by atoms with Crippen molar-refractivity contribution in [3.8, 4) is 11.6 Å². The Hall–Kier alpha value is -4.84. The number of aryl methyl sites for hydroxylation is 1. The van der Waals surface area contributed by atoms with Gasteiger partial charge in [0.15, 0.2) is 0 Å². The monoisotopic (exact) mass is 555 g/mol. The number of carbonyl (C=O) groups is 3. The normalized spacial score (nSPS) is 17.8. The van der Waals surface area contributed by atoms with E-state index in [9.17, 15) is 14.4 Å². The van der Waals surface area contributed by atoms with Gasteiger partial charge < -0.3 is 20.7 Å². The number of nitrogens with one attached hydrogen (secondary N) is 3. The van der Waals surface area contributed by atoms with Crippen LogP contribution in [-0.4, -0.2) is 44.9 Å². The highest BCUT2D eigenvalue weighted by atomic mass is 32.1. The van der Waals surface area contributed by atoms with Crippen LogP contribution in [0.2, 0.25) is 0 Å². The standard InChI is InChI=1S/C28H25N7O4S/c1-3-21(36)32-17-7-4-8-18(17)33-26(37)25-24-23-20(11-13-30-27(23)40-25)35(28(38)34-24)19-9-10-22(31-15(19)2)39-16-6-5-12-29-14-16/h3,5-6,9-14,17-18H,1,4,7-8H2,2H3,(H,32,36)(H,33,37)(H,34,38)/t17-,18?/m0/s1. The molecule has 3 N–H and O–H groups in total. The number of hydrogen-bond acceptors (Lipinski definition) is 8. The number of thiophene rings is 1. The minimum Gasteiger partial charge on any atom is -0.437 e. The highest BCUT2D eigenvalue weighted by Crippen LogP contribution is 2.46. The summed E-state index contributed by atoms with van der Waals surface area (Å²) in [7, 11) is 0. The minimum atomic E-state index is -0.421. The van der Waals surface area contributed by atoms with Crippen molar-refractivity contribution in [1.29, 1.82) is 0 Å². The Bertz CT molecular complexity index is 1660. The van der Waals surface area contributed by atoms with Gasteiger partial charge in [-0.15, -0.1) is 11.3 Å². The molecule has 0 bridgehead atoms. The largest absolute Gasteiger partial charge is 0.437 e. The molecule has 40 heavy (non-hydrogen) atoms. The van der Waals surface area contributed by atoms with Crippen molar-refractivity contribution in [2.75, 3.05) is 10.2 Å². The summed E-state index contributed by atoms with van der Waals surface area (Å²) in [6, 6.07) is 7.92. The van der Waals surface area contributed by atoms with Gasteiger partial charge in [0.05, 0.1) is 34.3 Å². The van der Waals surface area contributed by atoms with Gasteiger partial charge in [0.25, 0.3) is 5.91 Å². The molecule has 1 unspecified atom stereocenters. The van der Waals surface area contributed by atoms with E-state index in [0.29, 0.717) is 49.5 Å². The highest BCUT2D eigenvalue weighted by Gasteiger charge is 2.35. The van der Waals surface area contributed by atoms with Crippen LogP contribution in [0.3, 0.4) is 0 Å². The molecule has 0 spiro atoms. The fourth-order valence-corrected chi connectivity index (χ4v) is 6.14. The second-order valence-electron chi connectivity index (χ2n) is 9.46. The van der Waals surface area contributed by atoms with E-state index < -0.39 is 6.03 Å². The number of nitrogens with zero attached hydrogens (tertiary/aromatic N) is 4. The van der Waals surface area contributed by atoms with Crippen LogP contribution in [0.5, 0.6) is 11.6 Å². The number of pyridine rings is 3. The number of aromatic nitrogens is 3. The number of urea groups is 1. The number of ether oxygens (including phenoxy) is 1. The Balaban J connectivity index is 1.30. The third-order valence-electron chi connectivity index (χ3n) is 6.93. The van der Waals surface area contributed by atoms with Gasteiger partial charge >= 0.3 is 6.03 Å². The average molecular weight is 556 g/mol. The van der Waals surface area contributed by atoms with Gasteiger partial charge in [0.2, 0.25) is 11.8 Å². The maximum atomic E-state index is 13.5. The maximum Gasteiger partial charge on any atom is 0.331 e. The molecule has 4 aromatic heterocycles. The van der Waals surface area contributed by atoms with Gasteiger partial charge in [0, 0.05) is 30.5 Å². The summed E-state index contributed by atoms with van der Waals surface area (Å²) in [6.45, 7) is 5.29. The van der Waals surface area contributed by atoms with Crippen molar-refractivity contribution in [2.24, 2.45) is 0 Å². The first-order valence-corrected chi connectivity index (χ1v) is 13.6. The van der Waals surface area contributed by atoms with Gasteiger partial charge in [-0.3, -0.25) is 19.5 Å². The van der Waals surface area contributed by atoms with Crippen LogP contribution in [0.1, 0.15) is 34.6 Å². The van der Waals surface area contributed by atoms with E-state index in [-0.39, 0.29) is 23.9 Å². The minimum absolute atomic E-state index is 0.181. The topological polar surface area (TPSA) is 138 Å². The molecule has 1 aliphatic heterocycles. The SMILES string of the molecule is C=CC(=O)N[C@H]1CCCC1NC(=O)c1sc2nccc3c2c1NC(=O)N3c1ccc(Oc2cccnc2)nc1C. The van der Waals surface area contributed by atoms with Crippen molar-refractivity contribution in [2.45, 2.75) is 38.3 Å². The molecule has 5 heterocycles. The van der Waals surface area contributed by atoms with E-state index >= 15 is 0 Å². The summed E-state index contributed by atoms with van der Waals surface area (Å²) in [4.78, 5) is 54.3. The van der Waals surface area contributed by atoms with Crippen LogP contribution in [0.4, 0.5) is 21.9 Å². The van der Waals surface area contributed by atoms with Crippen LogP contribution < -0.4 is 25.6 Å². The molecule has 2 atom stereocenters. The quantitative estimate of drug-likeness (QED) is 0.278. The molecule has 0 saturated heterocycles. The van der Waals surface area contributed by atoms with Gasteiger partial charge in [-0.2, -0.15) is 0 Å². The molecular formula is C28H25N7O4S. The van der Waals surface area contributed by atoms with Gasteiger partial charge in [-0.05, 0) is 56.5 Å². The lowest BCUT2D eigenvalue weighted by molar-refractivity contribution is -0.117. The second-order valence-corrected chi connectivity index (χ2v) is 10.5. The fraction of sp³-hybridized carbons (Fsp3) is 0.214. The first kappa shape index (κ1) is 25.4. The zero-order chi connectivity index (χ0) is 27.8. The van der Waals surface area contributed by atoms with E-state index in [0.717, 1.165) is 19.3 Å². The molecule has 6 rings (SSSR count). The summed E-state index contributed by atoms with van der Waals surface area (Å²) in [5.74, 6) is 0.327. The molecule has 1 saturated carbocycles. The number of hydrogen-bond donors (Lipinski definition) is 3. The Morgan fingerprint density at radius 1 is 1.15 bits per heavy atom. The Morgan fingerprint density at radius 2 is 1.98 bits per heavy atom. The molecule has 0 radical (unpaired) electrons. The van der Waals surface area contributed by atoms with Crippen molar-refractivity contribution in [1.82, 2.24) is 25.6 Å². The van der Waals surface area contributed by atoms with Gasteiger partial charge in [0.1, 0.15) is 15.5 Å². The molecule has 1 fully saturated rings. The smallest absolute Gasteiger partial charge is 0.331 e. The van der Waals surface area contributed by atoms with E-state index in [4.69, 9.17) is 4.74 Å². The molecular weight excluding hydrogens is 530 g/mol. The zero-order valence-corrected chi connectivity index (χ0v) is 22.3. The number of amides is 4. The molecule has 1 aliphatic carbocycles. The number of anilines is 3. The molecule has 12 heteroatoms. The van der Waals surface area contributed by atoms with Crippen molar-refractivity contribution < 1.29 is 19.1 Å². The summed E-state index contributed by atoms with van der Waals surface area (Å²) in [5, 5.41) is 9.52. The number of rotatable bonds is 7. The lowest BCUT2D eigenvalue weighted by Crippen LogP contribution is -2.48. The van der Waals surface area contributed by atoms with Crippen molar-refractivity contribution >= 4 is 56.5 Å². The molecule has 0 aromatic carbocycles. The molecule has 11 nitrogen and oxygen atoms in total. The Kier molecular flexibility index (Phi) is 6.60. The van der Waals surface area contributed by atoms with E-state index in [1.165, 1.54) is 22.3 Å². The lowest BCUT2D eigenvalue weighted by atomic mass is 10.1. The summed E-state index contributed by atoms with van der Waals surface area (Å²) in [6.07, 6.45) is 8.47. The van der Waals surface area contributed by atoms with Crippen molar-refractivity contribution in [3.63, 3.8) is 0 Å². The van der Waals surface area contributed by atoms with Gasteiger partial charge in [-0.1, -0.05) is 6.58 Å². The first-order chi connectivity index (χ1) is 19.4. The van der Waals surface area contributed by atoms with Crippen LogP contribution in [0.15, 0.2) is 61.6 Å². The lowest BCUT2D eigenvalue weighted by Gasteiger charge is -2.29. The van der Waals surface area contributed by atoms with Gasteiger partial charge in [-0.25, -0.2) is 14.8 Å². The van der Waals surface area contributed by atoms with Crippen molar-refractivity contribution in [3.05, 3.63) is 72.1 Å². The molecule has 2 aliphatic rings.